The summed E-state index contributed by atoms with van der Waals surface area (Å²) in [6.45, 7) is 0. The first-order valence-corrected chi connectivity index (χ1v) is 7.19. The Morgan fingerprint density at radius 3 is 2.62 bits per heavy atom. The van der Waals surface area contributed by atoms with Gasteiger partial charge in [0.05, 0.1) is 5.56 Å². The highest BCUT2D eigenvalue weighted by atomic mass is 32.2. The lowest BCUT2D eigenvalue weighted by molar-refractivity contribution is 0.0697. The zero-order chi connectivity index (χ0) is 11.8. The molecule has 16 heavy (non-hydrogen) atoms. The molecule has 0 unspecified atom stereocenters. The average Bonchev–Trinajstić information content (AvgIpc) is 2.61. The Kier molecular flexibility index (Phi) is 3.00. The van der Waals surface area contributed by atoms with Crippen molar-refractivity contribution < 1.29 is 18.3 Å². The minimum Gasteiger partial charge on any atom is -0.478 e. The van der Waals surface area contributed by atoms with Crippen molar-refractivity contribution in [1.82, 2.24) is 4.72 Å². The highest BCUT2D eigenvalue weighted by Gasteiger charge is 2.26. The fraction of sp³-hybridized carbons (Fsp3) is 0.444. The zero-order valence-corrected chi connectivity index (χ0v) is 9.97. The molecule has 1 aliphatic rings. The molecule has 1 saturated carbocycles. The highest BCUT2D eigenvalue weighted by molar-refractivity contribution is 7.91. The van der Waals surface area contributed by atoms with Gasteiger partial charge in [-0.15, -0.1) is 11.3 Å². The number of rotatable bonds is 4. The van der Waals surface area contributed by atoms with Crippen LogP contribution in [-0.2, 0) is 10.0 Å². The Labute approximate surface area is 97.2 Å². The van der Waals surface area contributed by atoms with E-state index in [1.807, 2.05) is 0 Å². The van der Waals surface area contributed by atoms with Gasteiger partial charge in [0.1, 0.15) is 4.21 Å². The van der Waals surface area contributed by atoms with Crippen molar-refractivity contribution in [2.45, 2.75) is 29.5 Å². The first-order chi connectivity index (χ1) is 7.49. The molecule has 2 N–H and O–H groups in total. The number of thiophene rings is 1. The molecular weight excluding hydrogens is 250 g/mol. The van der Waals surface area contributed by atoms with Gasteiger partial charge < -0.3 is 5.11 Å². The molecule has 1 aromatic rings. The van der Waals surface area contributed by atoms with E-state index < -0.39 is 16.0 Å². The summed E-state index contributed by atoms with van der Waals surface area (Å²) in [6, 6.07) is 1.20. The fourth-order valence-corrected chi connectivity index (χ4v) is 3.85. The summed E-state index contributed by atoms with van der Waals surface area (Å²) in [6.07, 6.45) is 2.75. The van der Waals surface area contributed by atoms with Crippen LogP contribution in [0.2, 0.25) is 0 Å². The predicted octanol–water partition coefficient (Wildman–Crippen LogP) is 1.28. The van der Waals surface area contributed by atoms with E-state index >= 15 is 0 Å². The van der Waals surface area contributed by atoms with E-state index in [1.54, 1.807) is 0 Å². The maximum Gasteiger partial charge on any atom is 0.336 e. The lowest BCUT2D eigenvalue weighted by atomic mass is 9.94. The second-order valence-electron chi connectivity index (χ2n) is 3.71. The summed E-state index contributed by atoms with van der Waals surface area (Å²) in [4.78, 5) is 10.6. The van der Waals surface area contributed by atoms with Crippen molar-refractivity contribution in [1.29, 1.82) is 0 Å². The molecular formula is C9H11NO4S2. The Hall–Kier alpha value is -0.920. The molecule has 1 heterocycles. The SMILES string of the molecule is O=C(O)c1csc(S(=O)(=O)NC2CCC2)c1. The van der Waals surface area contributed by atoms with Gasteiger partial charge in [-0.2, -0.15) is 0 Å². The van der Waals surface area contributed by atoms with Gasteiger partial charge in [0.15, 0.2) is 0 Å². The quantitative estimate of drug-likeness (QED) is 0.855. The van der Waals surface area contributed by atoms with Gasteiger partial charge >= 0.3 is 5.97 Å². The summed E-state index contributed by atoms with van der Waals surface area (Å²) >= 11 is 0.930. The summed E-state index contributed by atoms with van der Waals surface area (Å²) in [5, 5.41) is 10.0. The fourth-order valence-electron chi connectivity index (χ4n) is 1.37. The van der Waals surface area contributed by atoms with Crippen LogP contribution in [0.15, 0.2) is 15.7 Å². The number of carboxylic acids is 1. The second-order valence-corrected chi connectivity index (χ2v) is 6.56. The van der Waals surface area contributed by atoms with E-state index in [-0.39, 0.29) is 15.8 Å². The maximum atomic E-state index is 11.8. The van der Waals surface area contributed by atoms with Crippen molar-refractivity contribution in [3.63, 3.8) is 0 Å². The van der Waals surface area contributed by atoms with Gasteiger partial charge in [-0.3, -0.25) is 0 Å². The molecule has 0 spiro atoms. The number of aromatic carboxylic acids is 1. The monoisotopic (exact) mass is 261 g/mol. The van der Waals surface area contributed by atoms with Crippen LogP contribution in [0.25, 0.3) is 0 Å². The van der Waals surface area contributed by atoms with Crippen molar-refractivity contribution in [3.05, 3.63) is 17.0 Å². The first-order valence-electron chi connectivity index (χ1n) is 4.83. The number of hydrogen-bond acceptors (Lipinski definition) is 4. The molecule has 5 nitrogen and oxygen atoms in total. The summed E-state index contributed by atoms with van der Waals surface area (Å²) < 4.78 is 26.2. The second kappa shape index (κ2) is 4.15. The molecule has 1 aliphatic carbocycles. The molecule has 0 aromatic carbocycles. The van der Waals surface area contributed by atoms with Gasteiger partial charge in [-0.05, 0) is 18.9 Å². The van der Waals surface area contributed by atoms with Gasteiger partial charge in [0, 0.05) is 11.4 Å². The average molecular weight is 261 g/mol. The molecule has 1 aromatic heterocycles. The van der Waals surface area contributed by atoms with Gasteiger partial charge in [0.25, 0.3) is 0 Å². The van der Waals surface area contributed by atoms with Crippen LogP contribution in [0.5, 0.6) is 0 Å². The van der Waals surface area contributed by atoms with Crippen LogP contribution < -0.4 is 4.72 Å². The van der Waals surface area contributed by atoms with E-state index in [2.05, 4.69) is 4.72 Å². The third kappa shape index (κ3) is 2.26. The van der Waals surface area contributed by atoms with E-state index in [0.717, 1.165) is 30.6 Å². The number of sulfonamides is 1. The smallest absolute Gasteiger partial charge is 0.336 e. The number of nitrogens with one attached hydrogen (secondary N) is 1. The van der Waals surface area contributed by atoms with E-state index in [0.29, 0.717) is 0 Å². The van der Waals surface area contributed by atoms with Crippen LogP contribution in [-0.4, -0.2) is 25.5 Å². The van der Waals surface area contributed by atoms with Crippen LogP contribution in [0.4, 0.5) is 0 Å². The van der Waals surface area contributed by atoms with Crippen molar-refractivity contribution in [2.75, 3.05) is 0 Å². The molecule has 2 rings (SSSR count). The van der Waals surface area contributed by atoms with Gasteiger partial charge in [0.2, 0.25) is 10.0 Å². The molecule has 0 saturated heterocycles. The molecule has 0 amide bonds. The molecule has 0 bridgehead atoms. The number of hydrogen-bond donors (Lipinski definition) is 2. The van der Waals surface area contributed by atoms with E-state index in [4.69, 9.17) is 5.11 Å². The van der Waals surface area contributed by atoms with Crippen molar-refractivity contribution >= 4 is 27.3 Å². The van der Waals surface area contributed by atoms with Crippen LogP contribution in [0.1, 0.15) is 29.6 Å². The Balaban J connectivity index is 2.17. The van der Waals surface area contributed by atoms with Gasteiger partial charge in [-0.1, -0.05) is 6.42 Å². The number of carbonyl (C=O) groups is 1. The molecule has 88 valence electrons. The molecule has 0 atom stereocenters. The minimum atomic E-state index is -3.53. The summed E-state index contributed by atoms with van der Waals surface area (Å²) in [5.74, 6) is -1.11. The Morgan fingerprint density at radius 1 is 1.50 bits per heavy atom. The Morgan fingerprint density at radius 2 is 2.19 bits per heavy atom. The lowest BCUT2D eigenvalue weighted by Crippen LogP contribution is -2.39. The van der Waals surface area contributed by atoms with Crippen LogP contribution in [0, 0.1) is 0 Å². The normalized spacial score (nSPS) is 17.0. The maximum absolute atomic E-state index is 11.8. The Bertz CT molecular complexity index is 501. The van der Waals surface area contributed by atoms with E-state index in [1.165, 1.54) is 11.4 Å². The van der Waals surface area contributed by atoms with Gasteiger partial charge in [-0.25, -0.2) is 17.9 Å². The highest BCUT2D eigenvalue weighted by Crippen LogP contribution is 2.24. The standard InChI is InChI=1S/C9H11NO4S2/c11-9(12)6-4-8(15-5-6)16(13,14)10-7-2-1-3-7/h4-5,7,10H,1-3H2,(H,11,12). The number of carboxylic acid groups (broad SMARTS) is 1. The lowest BCUT2D eigenvalue weighted by Gasteiger charge is -2.25. The topological polar surface area (TPSA) is 83.5 Å². The first kappa shape index (κ1) is 11.6. The van der Waals surface area contributed by atoms with Crippen LogP contribution >= 0.6 is 11.3 Å². The summed E-state index contributed by atoms with van der Waals surface area (Å²) in [7, 11) is -3.53. The largest absolute Gasteiger partial charge is 0.478 e. The molecule has 1 fully saturated rings. The van der Waals surface area contributed by atoms with Crippen LogP contribution in [0.3, 0.4) is 0 Å². The summed E-state index contributed by atoms with van der Waals surface area (Å²) in [5.41, 5.74) is 0.0129. The predicted molar refractivity (Wildman–Crippen MR) is 59.2 cm³/mol. The molecule has 7 heteroatoms. The minimum absolute atomic E-state index is 0.0129. The third-order valence-corrected chi connectivity index (χ3v) is 5.47. The van der Waals surface area contributed by atoms with Crippen molar-refractivity contribution in [2.24, 2.45) is 0 Å². The zero-order valence-electron chi connectivity index (χ0n) is 8.34. The van der Waals surface area contributed by atoms with Crippen molar-refractivity contribution in [3.8, 4) is 0 Å². The third-order valence-electron chi connectivity index (χ3n) is 2.51. The molecule has 0 aliphatic heterocycles. The van der Waals surface area contributed by atoms with E-state index in [9.17, 15) is 13.2 Å². The molecule has 0 radical (unpaired) electrons.